The fourth-order valence-corrected chi connectivity index (χ4v) is 1.96. The Labute approximate surface area is 109 Å². The summed E-state index contributed by atoms with van der Waals surface area (Å²) in [5.41, 5.74) is 0.646. The number of carbonyl (C=O) groups is 1. The van der Waals surface area contributed by atoms with E-state index in [0.717, 1.165) is 0 Å². The maximum atomic E-state index is 11.2. The van der Waals surface area contributed by atoms with Crippen LogP contribution in [0.5, 0.6) is 0 Å². The second-order valence-electron chi connectivity index (χ2n) is 4.22. The largest absolute Gasteiger partial charge is 0.465 e. The maximum absolute atomic E-state index is 11.2. The molecule has 0 bridgehead atoms. The SMILES string of the molecule is COC(=O)c1ccc(C2O[C@H](CO)[C@@H](O)[C@H]2O)nc1. The molecule has 0 spiro atoms. The highest BCUT2D eigenvalue weighted by Crippen LogP contribution is 2.32. The monoisotopic (exact) mass is 269 g/mol. The zero-order valence-corrected chi connectivity index (χ0v) is 10.3. The van der Waals surface area contributed by atoms with Gasteiger partial charge >= 0.3 is 5.97 Å². The highest BCUT2D eigenvalue weighted by molar-refractivity contribution is 5.88. The Hall–Kier alpha value is -1.54. The number of ether oxygens (including phenoxy) is 2. The smallest absolute Gasteiger partial charge is 0.339 e. The molecule has 7 heteroatoms. The van der Waals surface area contributed by atoms with Crippen LogP contribution in [-0.4, -0.2) is 58.3 Å². The van der Waals surface area contributed by atoms with Crippen molar-refractivity contribution < 1.29 is 29.6 Å². The van der Waals surface area contributed by atoms with Crippen LogP contribution in [0.4, 0.5) is 0 Å². The van der Waals surface area contributed by atoms with Crippen molar-refractivity contribution in [1.29, 1.82) is 0 Å². The predicted octanol–water partition coefficient (Wildman–Crippen LogP) is -0.978. The van der Waals surface area contributed by atoms with Gasteiger partial charge in [0.25, 0.3) is 0 Å². The van der Waals surface area contributed by atoms with Gasteiger partial charge in [0.15, 0.2) is 0 Å². The third-order valence-corrected chi connectivity index (χ3v) is 3.04. The Morgan fingerprint density at radius 2 is 2.16 bits per heavy atom. The Kier molecular flexibility index (Phi) is 4.11. The molecule has 1 aliphatic rings. The molecule has 0 amide bonds. The van der Waals surface area contributed by atoms with Crippen LogP contribution in [0.25, 0.3) is 0 Å². The van der Waals surface area contributed by atoms with Gasteiger partial charge in [0.2, 0.25) is 0 Å². The van der Waals surface area contributed by atoms with Gasteiger partial charge in [-0.15, -0.1) is 0 Å². The zero-order chi connectivity index (χ0) is 14.0. The molecule has 104 valence electrons. The molecule has 0 radical (unpaired) electrons. The molecule has 1 aromatic rings. The van der Waals surface area contributed by atoms with E-state index in [1.165, 1.54) is 25.4 Å². The zero-order valence-electron chi connectivity index (χ0n) is 10.3. The average Bonchev–Trinajstić information content (AvgIpc) is 2.74. The van der Waals surface area contributed by atoms with Crippen molar-refractivity contribution in [2.24, 2.45) is 0 Å². The molecular weight excluding hydrogens is 254 g/mol. The molecule has 1 unspecified atom stereocenters. The number of aliphatic hydroxyl groups excluding tert-OH is 3. The average molecular weight is 269 g/mol. The molecule has 2 rings (SSSR count). The molecule has 3 N–H and O–H groups in total. The first-order valence-electron chi connectivity index (χ1n) is 5.75. The van der Waals surface area contributed by atoms with E-state index in [-0.39, 0.29) is 5.56 Å². The lowest BCUT2D eigenvalue weighted by Gasteiger charge is -2.14. The Morgan fingerprint density at radius 3 is 2.63 bits per heavy atom. The van der Waals surface area contributed by atoms with E-state index in [2.05, 4.69) is 9.72 Å². The van der Waals surface area contributed by atoms with Gasteiger partial charge in [0, 0.05) is 6.20 Å². The van der Waals surface area contributed by atoms with Crippen molar-refractivity contribution >= 4 is 5.97 Å². The summed E-state index contributed by atoms with van der Waals surface area (Å²) in [6.45, 7) is -0.394. The minimum Gasteiger partial charge on any atom is -0.465 e. The number of aliphatic hydroxyl groups is 3. The second kappa shape index (κ2) is 5.62. The van der Waals surface area contributed by atoms with Crippen molar-refractivity contribution in [3.05, 3.63) is 29.6 Å². The summed E-state index contributed by atoms with van der Waals surface area (Å²) < 4.78 is 9.86. The highest BCUT2D eigenvalue weighted by Gasteiger charge is 2.43. The second-order valence-corrected chi connectivity index (χ2v) is 4.22. The number of methoxy groups -OCH3 is 1. The lowest BCUT2D eigenvalue weighted by atomic mass is 10.1. The van der Waals surface area contributed by atoms with Gasteiger partial charge in [-0.1, -0.05) is 0 Å². The van der Waals surface area contributed by atoms with Crippen molar-refractivity contribution in [3.8, 4) is 0 Å². The minimum absolute atomic E-state index is 0.276. The van der Waals surface area contributed by atoms with Crippen LogP contribution >= 0.6 is 0 Å². The Balaban J connectivity index is 2.17. The van der Waals surface area contributed by atoms with Crippen LogP contribution in [-0.2, 0) is 9.47 Å². The highest BCUT2D eigenvalue weighted by atomic mass is 16.6. The van der Waals surface area contributed by atoms with Crippen LogP contribution in [0.2, 0.25) is 0 Å². The van der Waals surface area contributed by atoms with Crippen LogP contribution in [0.3, 0.4) is 0 Å². The number of hydrogen-bond donors (Lipinski definition) is 3. The summed E-state index contributed by atoms with van der Waals surface area (Å²) in [4.78, 5) is 15.2. The molecule has 1 aliphatic heterocycles. The molecule has 4 atom stereocenters. The third kappa shape index (κ3) is 2.59. The first-order chi connectivity index (χ1) is 9.08. The fourth-order valence-electron chi connectivity index (χ4n) is 1.96. The van der Waals surface area contributed by atoms with Crippen LogP contribution in [0.15, 0.2) is 18.3 Å². The summed E-state index contributed by atoms with van der Waals surface area (Å²) in [5, 5.41) is 28.4. The molecule has 1 fully saturated rings. The number of aromatic nitrogens is 1. The lowest BCUT2D eigenvalue weighted by molar-refractivity contribution is -0.0239. The van der Waals surface area contributed by atoms with Crippen molar-refractivity contribution in [2.75, 3.05) is 13.7 Å². The Bertz CT molecular complexity index is 448. The van der Waals surface area contributed by atoms with E-state index in [1.54, 1.807) is 0 Å². The third-order valence-electron chi connectivity index (χ3n) is 3.04. The van der Waals surface area contributed by atoms with Crippen LogP contribution < -0.4 is 0 Å². The predicted molar refractivity (Wildman–Crippen MR) is 62.3 cm³/mol. The van der Waals surface area contributed by atoms with Gasteiger partial charge in [0.05, 0.1) is 25.0 Å². The molecule has 2 heterocycles. The van der Waals surface area contributed by atoms with Crippen molar-refractivity contribution in [3.63, 3.8) is 0 Å². The van der Waals surface area contributed by atoms with Crippen LogP contribution in [0, 0.1) is 0 Å². The Morgan fingerprint density at radius 1 is 1.42 bits per heavy atom. The summed E-state index contributed by atoms with van der Waals surface area (Å²) in [5.74, 6) is -0.514. The van der Waals surface area contributed by atoms with E-state index in [1.807, 2.05) is 0 Å². The molecule has 7 nitrogen and oxygen atoms in total. The van der Waals surface area contributed by atoms with Gasteiger partial charge < -0.3 is 24.8 Å². The van der Waals surface area contributed by atoms with Gasteiger partial charge in [-0.05, 0) is 12.1 Å². The van der Waals surface area contributed by atoms with E-state index in [9.17, 15) is 15.0 Å². The van der Waals surface area contributed by atoms with Gasteiger partial charge in [-0.3, -0.25) is 4.98 Å². The molecule has 0 aromatic carbocycles. The van der Waals surface area contributed by atoms with Crippen molar-refractivity contribution in [2.45, 2.75) is 24.4 Å². The molecule has 1 saturated heterocycles. The van der Waals surface area contributed by atoms with Crippen molar-refractivity contribution in [1.82, 2.24) is 4.98 Å². The summed E-state index contributed by atoms with van der Waals surface area (Å²) in [6.07, 6.45) is -2.72. The summed E-state index contributed by atoms with van der Waals surface area (Å²) in [6, 6.07) is 3.00. The first-order valence-corrected chi connectivity index (χ1v) is 5.75. The fraction of sp³-hybridized carbons (Fsp3) is 0.500. The molecule has 0 saturated carbocycles. The van der Waals surface area contributed by atoms with Gasteiger partial charge in [0.1, 0.15) is 24.4 Å². The molecular formula is C12H15NO6. The van der Waals surface area contributed by atoms with Gasteiger partial charge in [-0.2, -0.15) is 0 Å². The minimum atomic E-state index is -1.17. The van der Waals surface area contributed by atoms with E-state index >= 15 is 0 Å². The number of carbonyl (C=O) groups excluding carboxylic acids is 1. The number of pyridine rings is 1. The quantitative estimate of drug-likeness (QED) is 0.605. The lowest BCUT2D eigenvalue weighted by Crippen LogP contribution is -2.32. The topological polar surface area (TPSA) is 109 Å². The number of hydrogen-bond acceptors (Lipinski definition) is 7. The molecule has 1 aromatic heterocycles. The standard InChI is InChI=1S/C12H15NO6/c1-18-12(17)6-2-3-7(13-4-6)11-10(16)9(15)8(5-14)19-11/h2-4,8-11,14-16H,5H2,1H3/t8-,9-,10-,11?/m1/s1. The summed E-state index contributed by atoms with van der Waals surface area (Å²) >= 11 is 0. The number of nitrogens with zero attached hydrogens (tertiary/aromatic N) is 1. The normalized spacial score (nSPS) is 30.3. The van der Waals surface area contributed by atoms with E-state index in [4.69, 9.17) is 9.84 Å². The molecule has 0 aliphatic carbocycles. The number of rotatable bonds is 3. The van der Waals surface area contributed by atoms with Gasteiger partial charge in [-0.25, -0.2) is 4.79 Å². The number of esters is 1. The van der Waals surface area contributed by atoms with Crippen LogP contribution in [0.1, 0.15) is 22.2 Å². The molecule has 19 heavy (non-hydrogen) atoms. The maximum Gasteiger partial charge on any atom is 0.339 e. The first kappa shape index (κ1) is 13.9. The summed E-state index contributed by atoms with van der Waals surface area (Å²) in [7, 11) is 1.27. The van der Waals surface area contributed by atoms with E-state index < -0.39 is 37.0 Å². The van der Waals surface area contributed by atoms with E-state index in [0.29, 0.717) is 5.69 Å².